The second-order valence-corrected chi connectivity index (χ2v) is 3.99. The molecule has 0 aromatic heterocycles. The summed E-state index contributed by atoms with van der Waals surface area (Å²) >= 11 is 0. The van der Waals surface area contributed by atoms with Crippen LogP contribution in [0.2, 0.25) is 0 Å². The molecule has 0 radical (unpaired) electrons. The smallest absolute Gasteiger partial charge is 0.0165 e. The molecule has 1 N–H and O–H groups in total. The summed E-state index contributed by atoms with van der Waals surface area (Å²) in [5.74, 6) is 0. The van der Waals surface area contributed by atoms with Crippen LogP contribution >= 0.6 is 0 Å². The third-order valence-electron chi connectivity index (χ3n) is 2.72. The Hall–Kier alpha value is -0.300. The van der Waals surface area contributed by atoms with Gasteiger partial charge in [-0.05, 0) is 25.8 Å². The van der Waals surface area contributed by atoms with Gasteiger partial charge < -0.3 is 5.32 Å². The molecule has 1 aliphatic rings. The molecular weight excluding hydrogens is 158 g/mol. The zero-order chi connectivity index (χ0) is 9.36. The minimum atomic E-state index is 1.15. The molecule has 0 aromatic carbocycles. The van der Waals surface area contributed by atoms with Crippen LogP contribution < -0.4 is 5.32 Å². The largest absolute Gasteiger partial charge is 0.313 e. The molecule has 76 valence electrons. The Morgan fingerprint density at radius 3 is 2.77 bits per heavy atom. The Bertz CT molecular complexity index is 141. The van der Waals surface area contributed by atoms with E-state index in [2.05, 4.69) is 18.3 Å². The lowest BCUT2D eigenvalue weighted by Gasteiger charge is -1.97. The maximum absolute atomic E-state index is 3.37. The quantitative estimate of drug-likeness (QED) is 0.490. The van der Waals surface area contributed by atoms with Crippen LogP contribution in [-0.2, 0) is 0 Å². The van der Waals surface area contributed by atoms with Crippen LogP contribution in [0.15, 0.2) is 11.6 Å². The van der Waals surface area contributed by atoms with Crippen molar-refractivity contribution in [2.75, 3.05) is 13.1 Å². The summed E-state index contributed by atoms with van der Waals surface area (Å²) in [6.45, 7) is 4.61. The van der Waals surface area contributed by atoms with E-state index in [1.807, 2.05) is 0 Å². The maximum Gasteiger partial charge on any atom is 0.0165 e. The summed E-state index contributed by atoms with van der Waals surface area (Å²) < 4.78 is 0. The monoisotopic (exact) mass is 181 g/mol. The fourth-order valence-corrected chi connectivity index (χ4v) is 1.81. The first-order valence-corrected chi connectivity index (χ1v) is 5.82. The Morgan fingerprint density at radius 2 is 2.08 bits per heavy atom. The first kappa shape index (κ1) is 10.8. The number of unbranched alkanes of at least 4 members (excludes halogenated alkanes) is 5. The Kier molecular flexibility index (Phi) is 5.92. The van der Waals surface area contributed by atoms with E-state index < -0.39 is 0 Å². The van der Waals surface area contributed by atoms with Crippen molar-refractivity contribution >= 4 is 0 Å². The molecule has 0 saturated carbocycles. The molecular formula is C12H23N. The van der Waals surface area contributed by atoms with Gasteiger partial charge in [0.2, 0.25) is 0 Å². The van der Waals surface area contributed by atoms with Crippen molar-refractivity contribution in [3.05, 3.63) is 11.6 Å². The first-order chi connectivity index (χ1) is 6.43. The molecule has 0 atom stereocenters. The highest BCUT2D eigenvalue weighted by molar-refractivity contribution is 5.08. The topological polar surface area (TPSA) is 12.0 Å². The van der Waals surface area contributed by atoms with E-state index in [0.29, 0.717) is 0 Å². The van der Waals surface area contributed by atoms with Gasteiger partial charge in [0.15, 0.2) is 0 Å². The van der Waals surface area contributed by atoms with E-state index in [0.717, 1.165) is 6.54 Å². The summed E-state index contributed by atoms with van der Waals surface area (Å²) in [4.78, 5) is 0. The standard InChI is InChI=1S/C12H23N/c1-2-3-4-5-6-7-8-12-9-10-13-11-12/h8,13H,2-7,9-11H2,1H3. The van der Waals surface area contributed by atoms with Crippen LogP contribution in [-0.4, -0.2) is 13.1 Å². The van der Waals surface area contributed by atoms with Gasteiger partial charge in [0, 0.05) is 6.54 Å². The number of hydrogen-bond donors (Lipinski definition) is 1. The summed E-state index contributed by atoms with van der Waals surface area (Å²) in [5.41, 5.74) is 1.63. The van der Waals surface area contributed by atoms with Crippen molar-refractivity contribution in [2.24, 2.45) is 0 Å². The molecule has 1 fully saturated rings. The summed E-state index contributed by atoms with van der Waals surface area (Å²) in [6, 6.07) is 0. The Labute approximate surface area is 82.6 Å². The first-order valence-electron chi connectivity index (χ1n) is 5.82. The molecule has 1 saturated heterocycles. The maximum atomic E-state index is 3.37. The van der Waals surface area contributed by atoms with Gasteiger partial charge in [0.1, 0.15) is 0 Å². The van der Waals surface area contributed by atoms with Crippen molar-refractivity contribution < 1.29 is 0 Å². The molecule has 0 amide bonds. The lowest BCUT2D eigenvalue weighted by atomic mass is 10.1. The van der Waals surface area contributed by atoms with Crippen LogP contribution in [0.3, 0.4) is 0 Å². The lowest BCUT2D eigenvalue weighted by Crippen LogP contribution is -2.04. The van der Waals surface area contributed by atoms with Gasteiger partial charge >= 0.3 is 0 Å². The number of hydrogen-bond acceptors (Lipinski definition) is 1. The van der Waals surface area contributed by atoms with Gasteiger partial charge in [-0.2, -0.15) is 0 Å². The van der Waals surface area contributed by atoms with E-state index in [9.17, 15) is 0 Å². The fourth-order valence-electron chi connectivity index (χ4n) is 1.81. The minimum absolute atomic E-state index is 1.15. The van der Waals surface area contributed by atoms with E-state index in [1.54, 1.807) is 5.57 Å². The van der Waals surface area contributed by atoms with E-state index >= 15 is 0 Å². The van der Waals surface area contributed by atoms with Crippen LogP contribution in [0.4, 0.5) is 0 Å². The Morgan fingerprint density at radius 1 is 1.23 bits per heavy atom. The van der Waals surface area contributed by atoms with Gasteiger partial charge in [0.25, 0.3) is 0 Å². The zero-order valence-corrected chi connectivity index (χ0v) is 8.94. The molecule has 1 rings (SSSR count). The van der Waals surface area contributed by atoms with Crippen molar-refractivity contribution in [3.8, 4) is 0 Å². The van der Waals surface area contributed by atoms with Crippen LogP contribution in [0.1, 0.15) is 51.9 Å². The highest BCUT2D eigenvalue weighted by atomic mass is 14.9. The third-order valence-corrected chi connectivity index (χ3v) is 2.72. The van der Waals surface area contributed by atoms with E-state index in [4.69, 9.17) is 0 Å². The van der Waals surface area contributed by atoms with Crippen LogP contribution in [0.25, 0.3) is 0 Å². The lowest BCUT2D eigenvalue weighted by molar-refractivity contribution is 0.636. The summed E-state index contributed by atoms with van der Waals surface area (Å²) in [6.07, 6.45) is 12.1. The van der Waals surface area contributed by atoms with Gasteiger partial charge in [-0.1, -0.05) is 44.3 Å². The molecule has 0 bridgehead atoms. The SMILES string of the molecule is CCCCCCCC=C1CCNC1. The minimum Gasteiger partial charge on any atom is -0.313 e. The van der Waals surface area contributed by atoms with Gasteiger partial charge in [-0.15, -0.1) is 0 Å². The molecule has 13 heavy (non-hydrogen) atoms. The highest BCUT2D eigenvalue weighted by Crippen LogP contribution is 2.10. The van der Waals surface area contributed by atoms with Crippen molar-refractivity contribution in [1.82, 2.24) is 5.32 Å². The average molecular weight is 181 g/mol. The normalized spacial score (nSPS) is 19.9. The predicted molar refractivity (Wildman–Crippen MR) is 58.9 cm³/mol. The molecule has 1 aliphatic heterocycles. The predicted octanol–water partition coefficient (Wildman–Crippen LogP) is 3.27. The van der Waals surface area contributed by atoms with Gasteiger partial charge in [-0.3, -0.25) is 0 Å². The fraction of sp³-hybridized carbons (Fsp3) is 0.833. The zero-order valence-electron chi connectivity index (χ0n) is 8.94. The molecule has 0 unspecified atom stereocenters. The molecule has 0 aromatic rings. The van der Waals surface area contributed by atoms with Crippen LogP contribution in [0.5, 0.6) is 0 Å². The van der Waals surface area contributed by atoms with Crippen molar-refractivity contribution in [2.45, 2.75) is 51.9 Å². The van der Waals surface area contributed by atoms with Crippen molar-refractivity contribution in [3.63, 3.8) is 0 Å². The van der Waals surface area contributed by atoms with E-state index in [1.165, 1.54) is 51.5 Å². The molecule has 1 nitrogen and oxygen atoms in total. The van der Waals surface area contributed by atoms with Crippen LogP contribution in [0, 0.1) is 0 Å². The van der Waals surface area contributed by atoms with Crippen molar-refractivity contribution in [1.29, 1.82) is 0 Å². The highest BCUT2D eigenvalue weighted by Gasteiger charge is 2.03. The van der Waals surface area contributed by atoms with E-state index in [-0.39, 0.29) is 0 Å². The average Bonchev–Trinajstić information content (AvgIpc) is 2.63. The number of rotatable bonds is 6. The Balaban J connectivity index is 1.91. The summed E-state index contributed by atoms with van der Waals surface area (Å²) in [5, 5.41) is 3.37. The second-order valence-electron chi connectivity index (χ2n) is 3.99. The van der Waals surface area contributed by atoms with Gasteiger partial charge in [-0.25, -0.2) is 0 Å². The van der Waals surface area contributed by atoms with Gasteiger partial charge in [0.05, 0.1) is 0 Å². The number of allylic oxidation sites excluding steroid dienone is 1. The molecule has 0 spiro atoms. The third kappa shape index (κ3) is 5.09. The molecule has 1 heteroatoms. The second kappa shape index (κ2) is 7.14. The molecule has 0 aliphatic carbocycles. The number of nitrogens with one attached hydrogen (secondary N) is 1. The summed E-state index contributed by atoms with van der Waals surface area (Å²) in [7, 11) is 0. The molecule has 1 heterocycles.